The average Bonchev–Trinajstić information content (AvgIpc) is 2.93. The number of fused-ring (bicyclic) bond motifs is 1. The molecular weight excluding hydrogens is 349 g/mol. The van der Waals surface area contributed by atoms with Gasteiger partial charge in [0.2, 0.25) is 0 Å². The quantitative estimate of drug-likeness (QED) is 0.479. The molecule has 1 unspecified atom stereocenters. The molecule has 6 heteroatoms. The smallest absolute Gasteiger partial charge is 0.187 e. The zero-order valence-corrected chi connectivity index (χ0v) is 14.6. The summed E-state index contributed by atoms with van der Waals surface area (Å²) in [6, 6.07) is 13.9. The molecule has 0 heterocycles. The van der Waals surface area contributed by atoms with Crippen LogP contribution in [-0.4, -0.2) is 11.3 Å². The SMILES string of the molecule is S=C(NN=Cc1ccc(Cl)cc1Cl)NC1CCc2ccccc21. The van der Waals surface area contributed by atoms with E-state index in [0.29, 0.717) is 15.2 Å². The minimum absolute atomic E-state index is 0.237. The number of halogens is 2. The first-order chi connectivity index (χ1) is 11.1. The Morgan fingerprint density at radius 1 is 1.22 bits per heavy atom. The molecule has 2 aromatic rings. The largest absolute Gasteiger partial charge is 0.354 e. The van der Waals surface area contributed by atoms with Crippen molar-refractivity contribution in [2.45, 2.75) is 18.9 Å². The highest BCUT2D eigenvalue weighted by atomic mass is 35.5. The fourth-order valence-corrected chi connectivity index (χ4v) is 3.32. The van der Waals surface area contributed by atoms with Crippen LogP contribution in [0.2, 0.25) is 10.0 Å². The number of aryl methyl sites for hydroxylation is 1. The summed E-state index contributed by atoms with van der Waals surface area (Å²) in [5.74, 6) is 0. The second kappa shape index (κ2) is 7.30. The predicted octanol–water partition coefficient (Wildman–Crippen LogP) is 4.48. The molecule has 0 bridgehead atoms. The van der Waals surface area contributed by atoms with E-state index in [-0.39, 0.29) is 6.04 Å². The minimum Gasteiger partial charge on any atom is -0.354 e. The molecule has 1 atom stereocenters. The van der Waals surface area contributed by atoms with Crippen LogP contribution in [0.15, 0.2) is 47.6 Å². The Balaban J connectivity index is 1.57. The maximum atomic E-state index is 6.09. The third-order valence-corrected chi connectivity index (χ3v) is 4.54. The Bertz CT molecular complexity index is 761. The van der Waals surface area contributed by atoms with Crippen molar-refractivity contribution >= 4 is 46.7 Å². The fraction of sp³-hybridized carbons (Fsp3) is 0.176. The molecule has 0 radical (unpaired) electrons. The van der Waals surface area contributed by atoms with E-state index in [1.54, 1.807) is 24.4 Å². The fourth-order valence-electron chi connectivity index (χ4n) is 2.66. The van der Waals surface area contributed by atoms with Gasteiger partial charge in [-0.05, 0) is 48.3 Å². The van der Waals surface area contributed by atoms with Crippen LogP contribution in [0.3, 0.4) is 0 Å². The number of benzene rings is 2. The molecule has 0 fully saturated rings. The zero-order valence-electron chi connectivity index (χ0n) is 12.2. The number of hydrazone groups is 1. The Morgan fingerprint density at radius 2 is 2.04 bits per heavy atom. The van der Waals surface area contributed by atoms with Crippen LogP contribution in [0.4, 0.5) is 0 Å². The zero-order chi connectivity index (χ0) is 16.2. The van der Waals surface area contributed by atoms with Gasteiger partial charge in [-0.25, -0.2) is 0 Å². The van der Waals surface area contributed by atoms with Crippen LogP contribution in [0.5, 0.6) is 0 Å². The van der Waals surface area contributed by atoms with Gasteiger partial charge in [-0.3, -0.25) is 5.43 Å². The molecule has 0 saturated carbocycles. The van der Waals surface area contributed by atoms with Crippen LogP contribution in [-0.2, 0) is 6.42 Å². The summed E-state index contributed by atoms with van der Waals surface area (Å²) >= 11 is 17.2. The molecule has 1 aliphatic carbocycles. The molecule has 0 saturated heterocycles. The maximum Gasteiger partial charge on any atom is 0.187 e. The molecular formula is C17H15Cl2N3S. The molecule has 2 aromatic carbocycles. The van der Waals surface area contributed by atoms with Crippen molar-refractivity contribution < 1.29 is 0 Å². The van der Waals surface area contributed by atoms with Crippen LogP contribution in [0.1, 0.15) is 29.2 Å². The van der Waals surface area contributed by atoms with Crippen molar-refractivity contribution in [1.82, 2.24) is 10.7 Å². The average molecular weight is 364 g/mol. The molecule has 0 spiro atoms. The van der Waals surface area contributed by atoms with E-state index in [4.69, 9.17) is 35.4 Å². The Labute approximate surface area is 150 Å². The number of hydrogen-bond donors (Lipinski definition) is 2. The number of thiocarbonyl (C=S) groups is 1. The lowest BCUT2D eigenvalue weighted by Gasteiger charge is -2.15. The van der Waals surface area contributed by atoms with Crippen molar-refractivity contribution in [2.24, 2.45) is 5.10 Å². The first-order valence-corrected chi connectivity index (χ1v) is 8.42. The van der Waals surface area contributed by atoms with Gasteiger partial charge < -0.3 is 5.32 Å². The Kier molecular flexibility index (Phi) is 5.16. The molecule has 118 valence electrons. The summed E-state index contributed by atoms with van der Waals surface area (Å²) in [6.07, 6.45) is 3.73. The van der Waals surface area contributed by atoms with Gasteiger partial charge in [-0.1, -0.05) is 53.5 Å². The van der Waals surface area contributed by atoms with Crippen molar-refractivity contribution in [1.29, 1.82) is 0 Å². The lowest BCUT2D eigenvalue weighted by molar-refractivity contribution is 0.633. The van der Waals surface area contributed by atoms with E-state index >= 15 is 0 Å². The minimum atomic E-state index is 0.237. The summed E-state index contributed by atoms with van der Waals surface area (Å²) in [4.78, 5) is 0. The molecule has 0 aliphatic heterocycles. The van der Waals surface area contributed by atoms with Crippen molar-refractivity contribution in [3.8, 4) is 0 Å². The molecule has 2 N–H and O–H groups in total. The number of rotatable bonds is 3. The standard InChI is InChI=1S/C17H15Cl2N3S/c18-13-7-5-12(15(19)9-13)10-20-22-17(23)21-16-8-6-11-3-1-2-4-14(11)16/h1-5,7,9-10,16H,6,8H2,(H2,21,22,23). The van der Waals surface area contributed by atoms with Crippen LogP contribution in [0, 0.1) is 0 Å². The first kappa shape index (κ1) is 16.2. The number of nitrogens with zero attached hydrogens (tertiary/aromatic N) is 1. The van der Waals surface area contributed by atoms with Crippen LogP contribution >= 0.6 is 35.4 Å². The molecule has 3 nitrogen and oxygen atoms in total. The summed E-state index contributed by atoms with van der Waals surface area (Å²) in [5.41, 5.74) is 6.29. The third-order valence-electron chi connectivity index (χ3n) is 3.77. The summed E-state index contributed by atoms with van der Waals surface area (Å²) in [6.45, 7) is 0. The predicted molar refractivity (Wildman–Crippen MR) is 100 cm³/mol. The van der Waals surface area contributed by atoms with Crippen LogP contribution < -0.4 is 10.7 Å². The second-order valence-electron chi connectivity index (χ2n) is 5.30. The van der Waals surface area contributed by atoms with E-state index in [0.717, 1.165) is 18.4 Å². The second-order valence-corrected chi connectivity index (χ2v) is 6.55. The van der Waals surface area contributed by atoms with Crippen molar-refractivity contribution in [2.75, 3.05) is 0 Å². The lowest BCUT2D eigenvalue weighted by atomic mass is 10.1. The highest BCUT2D eigenvalue weighted by Crippen LogP contribution is 2.30. The highest BCUT2D eigenvalue weighted by molar-refractivity contribution is 7.80. The van der Waals surface area contributed by atoms with Crippen molar-refractivity contribution in [3.05, 3.63) is 69.2 Å². The highest BCUT2D eigenvalue weighted by Gasteiger charge is 2.22. The van der Waals surface area contributed by atoms with Gasteiger partial charge in [0.25, 0.3) is 0 Å². The van der Waals surface area contributed by atoms with E-state index in [1.165, 1.54) is 11.1 Å². The summed E-state index contributed by atoms with van der Waals surface area (Å²) < 4.78 is 0. The Morgan fingerprint density at radius 3 is 2.87 bits per heavy atom. The van der Waals surface area contributed by atoms with Gasteiger partial charge in [0.15, 0.2) is 5.11 Å². The van der Waals surface area contributed by atoms with E-state index in [2.05, 4.69) is 40.1 Å². The summed E-state index contributed by atoms with van der Waals surface area (Å²) in [7, 11) is 0. The molecule has 1 aliphatic rings. The summed E-state index contributed by atoms with van der Waals surface area (Å²) in [5, 5.41) is 9.06. The monoisotopic (exact) mass is 363 g/mol. The number of hydrogen-bond acceptors (Lipinski definition) is 2. The van der Waals surface area contributed by atoms with Gasteiger partial charge in [0.1, 0.15) is 0 Å². The molecule has 3 rings (SSSR count). The van der Waals surface area contributed by atoms with E-state index in [1.807, 2.05) is 0 Å². The maximum absolute atomic E-state index is 6.09. The first-order valence-electron chi connectivity index (χ1n) is 7.26. The van der Waals surface area contributed by atoms with E-state index < -0.39 is 0 Å². The van der Waals surface area contributed by atoms with Gasteiger partial charge in [0.05, 0.1) is 17.3 Å². The number of nitrogens with one attached hydrogen (secondary N) is 2. The van der Waals surface area contributed by atoms with Gasteiger partial charge in [-0.15, -0.1) is 0 Å². The topological polar surface area (TPSA) is 36.4 Å². The van der Waals surface area contributed by atoms with E-state index in [9.17, 15) is 0 Å². The van der Waals surface area contributed by atoms with Gasteiger partial charge in [-0.2, -0.15) is 5.10 Å². The van der Waals surface area contributed by atoms with Crippen molar-refractivity contribution in [3.63, 3.8) is 0 Å². The molecule has 0 amide bonds. The normalized spacial score (nSPS) is 16.3. The third kappa shape index (κ3) is 4.02. The van der Waals surface area contributed by atoms with Gasteiger partial charge in [0, 0.05) is 10.6 Å². The molecule has 23 heavy (non-hydrogen) atoms. The van der Waals surface area contributed by atoms with Gasteiger partial charge >= 0.3 is 0 Å². The molecule has 0 aromatic heterocycles. The lowest BCUT2D eigenvalue weighted by Crippen LogP contribution is -2.34. The van der Waals surface area contributed by atoms with Crippen LogP contribution in [0.25, 0.3) is 0 Å². The Hall–Kier alpha value is -1.62.